The topological polar surface area (TPSA) is 57.8 Å². The van der Waals surface area contributed by atoms with Crippen molar-refractivity contribution in [3.05, 3.63) is 47.8 Å². The average molecular weight is 322 g/mol. The lowest BCUT2D eigenvalue weighted by Crippen LogP contribution is -2.05. The zero-order valence-electron chi connectivity index (χ0n) is 10.5. The highest BCUT2D eigenvalue weighted by atomic mass is 79.9. The number of hydrogen-bond acceptors (Lipinski definition) is 3. The molecule has 1 heterocycles. The van der Waals surface area contributed by atoms with E-state index in [0.29, 0.717) is 17.0 Å². The lowest BCUT2D eigenvalue weighted by atomic mass is 10.1. The van der Waals surface area contributed by atoms with Gasteiger partial charge in [-0.1, -0.05) is 46.3 Å². The molecule has 100 valence electrons. The monoisotopic (exact) mass is 321 g/mol. The van der Waals surface area contributed by atoms with E-state index in [1.54, 1.807) is 6.20 Å². The van der Waals surface area contributed by atoms with Crippen LogP contribution in [0.15, 0.2) is 36.5 Å². The standard InChI is InChI=1S/C14H16BrN3O/c15-9-13(19)12-10-17-14(18-12)16-8-4-7-11-5-2-1-3-6-11/h1-3,5-6,10H,4,7-9H2,(H2,16,17,18). The number of nitrogens with one attached hydrogen (secondary N) is 2. The summed E-state index contributed by atoms with van der Waals surface area (Å²) in [5.41, 5.74) is 1.86. The lowest BCUT2D eigenvalue weighted by molar-refractivity contribution is 0.101. The van der Waals surface area contributed by atoms with Gasteiger partial charge in [0.1, 0.15) is 5.69 Å². The van der Waals surface area contributed by atoms with E-state index < -0.39 is 0 Å². The first-order chi connectivity index (χ1) is 9.29. The molecule has 5 heteroatoms. The van der Waals surface area contributed by atoms with Crippen molar-refractivity contribution >= 4 is 27.7 Å². The Morgan fingerprint density at radius 1 is 1.32 bits per heavy atom. The van der Waals surface area contributed by atoms with Crippen LogP contribution in [0.1, 0.15) is 22.5 Å². The molecule has 0 atom stereocenters. The highest BCUT2D eigenvalue weighted by molar-refractivity contribution is 9.09. The number of ketones is 1. The molecule has 0 saturated carbocycles. The predicted octanol–water partition coefficient (Wildman–Crippen LogP) is 3.03. The average Bonchev–Trinajstić information content (AvgIpc) is 2.93. The number of nitrogens with zero attached hydrogens (tertiary/aromatic N) is 1. The summed E-state index contributed by atoms with van der Waals surface area (Å²) in [6.07, 6.45) is 3.61. The number of aromatic nitrogens is 2. The number of carbonyl (C=O) groups is 1. The fourth-order valence-electron chi connectivity index (χ4n) is 1.77. The van der Waals surface area contributed by atoms with Gasteiger partial charge >= 0.3 is 0 Å². The first-order valence-electron chi connectivity index (χ1n) is 6.21. The molecule has 0 spiro atoms. The maximum absolute atomic E-state index is 11.4. The molecule has 0 bridgehead atoms. The number of alkyl halides is 1. The molecule has 0 aliphatic heterocycles. The second-order valence-corrected chi connectivity index (χ2v) is 4.78. The van der Waals surface area contributed by atoms with Crippen molar-refractivity contribution in [1.29, 1.82) is 0 Å². The highest BCUT2D eigenvalue weighted by Gasteiger charge is 2.07. The summed E-state index contributed by atoms with van der Waals surface area (Å²) in [6, 6.07) is 10.4. The van der Waals surface area contributed by atoms with Gasteiger partial charge in [-0.15, -0.1) is 0 Å². The van der Waals surface area contributed by atoms with Gasteiger partial charge in [-0.2, -0.15) is 0 Å². The summed E-state index contributed by atoms with van der Waals surface area (Å²) >= 11 is 3.13. The number of rotatable bonds is 7. The molecule has 0 fully saturated rings. The van der Waals surface area contributed by atoms with Crippen molar-refractivity contribution in [3.63, 3.8) is 0 Å². The van der Waals surface area contributed by atoms with Crippen molar-refractivity contribution in [2.24, 2.45) is 0 Å². The van der Waals surface area contributed by atoms with Crippen LogP contribution < -0.4 is 5.32 Å². The van der Waals surface area contributed by atoms with E-state index >= 15 is 0 Å². The summed E-state index contributed by atoms with van der Waals surface area (Å²) in [5, 5.41) is 3.49. The Labute approximate surface area is 120 Å². The minimum atomic E-state index is 0.00448. The minimum Gasteiger partial charge on any atom is -0.356 e. The van der Waals surface area contributed by atoms with E-state index in [0.717, 1.165) is 19.4 Å². The molecule has 2 aromatic rings. The van der Waals surface area contributed by atoms with E-state index in [-0.39, 0.29) is 5.78 Å². The van der Waals surface area contributed by atoms with E-state index in [2.05, 4.69) is 43.3 Å². The first-order valence-corrected chi connectivity index (χ1v) is 7.33. The van der Waals surface area contributed by atoms with Crippen LogP contribution in [0.3, 0.4) is 0 Å². The van der Waals surface area contributed by atoms with E-state index in [1.807, 2.05) is 18.2 Å². The van der Waals surface area contributed by atoms with Gasteiger partial charge in [0.15, 0.2) is 5.78 Å². The second kappa shape index (κ2) is 7.09. The third-order valence-electron chi connectivity index (χ3n) is 2.78. The lowest BCUT2D eigenvalue weighted by Gasteiger charge is -2.03. The third-order valence-corrected chi connectivity index (χ3v) is 3.28. The predicted molar refractivity (Wildman–Crippen MR) is 80.0 cm³/mol. The van der Waals surface area contributed by atoms with Gasteiger partial charge in [0.05, 0.1) is 11.5 Å². The van der Waals surface area contributed by atoms with Gasteiger partial charge < -0.3 is 10.3 Å². The smallest absolute Gasteiger partial charge is 0.200 e. The zero-order chi connectivity index (χ0) is 13.5. The van der Waals surface area contributed by atoms with Gasteiger partial charge in [-0.3, -0.25) is 4.79 Å². The van der Waals surface area contributed by atoms with Gasteiger partial charge in [0.25, 0.3) is 0 Å². The Bertz CT molecular complexity index is 524. The maximum atomic E-state index is 11.4. The van der Waals surface area contributed by atoms with Crippen molar-refractivity contribution in [1.82, 2.24) is 9.97 Å². The normalized spacial score (nSPS) is 10.4. The number of benzene rings is 1. The number of halogens is 1. The molecular weight excluding hydrogens is 306 g/mol. The molecule has 2 N–H and O–H groups in total. The van der Waals surface area contributed by atoms with Crippen LogP contribution in [0, 0.1) is 0 Å². The van der Waals surface area contributed by atoms with Crippen LogP contribution in [0.4, 0.5) is 5.95 Å². The van der Waals surface area contributed by atoms with E-state index in [4.69, 9.17) is 0 Å². The number of carbonyl (C=O) groups excluding carboxylic acids is 1. The van der Waals surface area contributed by atoms with Gasteiger partial charge in [-0.25, -0.2) is 4.98 Å². The molecule has 1 aromatic carbocycles. The third kappa shape index (κ3) is 4.21. The van der Waals surface area contributed by atoms with Crippen LogP contribution in [0.25, 0.3) is 0 Å². The summed E-state index contributed by atoms with van der Waals surface area (Å²) < 4.78 is 0. The molecule has 4 nitrogen and oxygen atoms in total. The number of aryl methyl sites for hydroxylation is 1. The number of anilines is 1. The molecule has 0 unspecified atom stereocenters. The van der Waals surface area contributed by atoms with Crippen LogP contribution in [0.2, 0.25) is 0 Å². The Morgan fingerprint density at radius 3 is 2.84 bits per heavy atom. The molecule has 0 radical (unpaired) electrons. The highest BCUT2D eigenvalue weighted by Crippen LogP contribution is 2.06. The first kappa shape index (κ1) is 13.8. The number of H-pyrrole nitrogens is 1. The van der Waals surface area contributed by atoms with Crippen LogP contribution in [0.5, 0.6) is 0 Å². The molecule has 19 heavy (non-hydrogen) atoms. The number of hydrogen-bond donors (Lipinski definition) is 2. The number of aromatic amines is 1. The minimum absolute atomic E-state index is 0.00448. The summed E-state index contributed by atoms with van der Waals surface area (Å²) in [6.45, 7) is 0.824. The Kier molecular flexibility index (Phi) is 5.15. The van der Waals surface area contributed by atoms with E-state index in [1.165, 1.54) is 5.56 Å². The summed E-state index contributed by atoms with van der Waals surface area (Å²) in [5.74, 6) is 0.655. The van der Waals surface area contributed by atoms with Crippen LogP contribution in [-0.4, -0.2) is 27.6 Å². The van der Waals surface area contributed by atoms with Gasteiger partial charge in [-0.05, 0) is 18.4 Å². The summed E-state index contributed by atoms with van der Waals surface area (Å²) in [7, 11) is 0. The zero-order valence-corrected chi connectivity index (χ0v) is 12.1. The van der Waals surface area contributed by atoms with Gasteiger partial charge in [0, 0.05) is 6.54 Å². The van der Waals surface area contributed by atoms with Crippen molar-refractivity contribution < 1.29 is 4.79 Å². The largest absolute Gasteiger partial charge is 0.356 e. The molecule has 0 amide bonds. The molecule has 2 rings (SSSR count). The SMILES string of the molecule is O=C(CBr)c1cnc(NCCCc2ccccc2)[nH]1. The molecule has 0 saturated heterocycles. The van der Waals surface area contributed by atoms with Crippen molar-refractivity contribution in [2.75, 3.05) is 17.2 Å². The molecule has 1 aromatic heterocycles. The van der Waals surface area contributed by atoms with Crippen LogP contribution in [-0.2, 0) is 6.42 Å². The Hall–Kier alpha value is -1.62. The fourth-order valence-corrected chi connectivity index (χ4v) is 2.07. The van der Waals surface area contributed by atoms with Crippen molar-refractivity contribution in [2.45, 2.75) is 12.8 Å². The Balaban J connectivity index is 1.74. The summed E-state index contributed by atoms with van der Waals surface area (Å²) in [4.78, 5) is 18.5. The quantitative estimate of drug-likeness (QED) is 0.468. The van der Waals surface area contributed by atoms with Crippen molar-refractivity contribution in [3.8, 4) is 0 Å². The van der Waals surface area contributed by atoms with Crippen LogP contribution >= 0.6 is 15.9 Å². The number of Topliss-reactive ketones (excluding diaryl/α,β-unsaturated/α-hetero) is 1. The molecule has 0 aliphatic carbocycles. The fraction of sp³-hybridized carbons (Fsp3) is 0.286. The number of imidazole rings is 1. The second-order valence-electron chi connectivity index (χ2n) is 4.22. The van der Waals surface area contributed by atoms with Gasteiger partial charge in [0.2, 0.25) is 5.95 Å². The van der Waals surface area contributed by atoms with E-state index in [9.17, 15) is 4.79 Å². The Morgan fingerprint density at radius 2 is 2.11 bits per heavy atom. The molecule has 0 aliphatic rings. The maximum Gasteiger partial charge on any atom is 0.200 e. The molecular formula is C14H16BrN3O.